The molecule has 2 aromatic rings. The number of aryl methyl sites for hydroxylation is 4. The molecule has 0 amide bonds. The van der Waals surface area contributed by atoms with E-state index in [4.69, 9.17) is 0 Å². The van der Waals surface area contributed by atoms with Crippen LogP contribution in [0.2, 0.25) is 0 Å². The van der Waals surface area contributed by atoms with Gasteiger partial charge in [0, 0.05) is 26.2 Å². The number of hydrogen-bond donors (Lipinski definition) is 0. The molecule has 4 heteroatoms. The summed E-state index contributed by atoms with van der Waals surface area (Å²) in [6.07, 6.45) is 7.81. The van der Waals surface area contributed by atoms with Crippen LogP contribution in [0, 0.1) is 6.92 Å². The molecule has 0 spiro atoms. The Labute approximate surface area is 148 Å². The Morgan fingerprint density at radius 2 is 1.38 bits per heavy atom. The average Bonchev–Trinajstić information content (AvgIpc) is 3.09. The van der Waals surface area contributed by atoms with Crippen LogP contribution in [0.15, 0.2) is 12.7 Å². The fourth-order valence-corrected chi connectivity index (χ4v) is 3.60. The van der Waals surface area contributed by atoms with Crippen LogP contribution in [0.3, 0.4) is 0 Å². The van der Waals surface area contributed by atoms with Gasteiger partial charge < -0.3 is 0 Å². The summed E-state index contributed by atoms with van der Waals surface area (Å²) in [7, 11) is 2.13. The van der Waals surface area contributed by atoms with Crippen molar-refractivity contribution in [3.05, 3.63) is 35.4 Å². The fourth-order valence-electron chi connectivity index (χ4n) is 3.60. The van der Waals surface area contributed by atoms with Gasteiger partial charge in [-0.1, -0.05) is 20.8 Å². The van der Waals surface area contributed by atoms with E-state index in [-0.39, 0.29) is 0 Å². The molecule has 136 valence electrons. The van der Waals surface area contributed by atoms with Crippen molar-refractivity contribution in [2.24, 2.45) is 7.05 Å². The summed E-state index contributed by atoms with van der Waals surface area (Å²) in [6, 6.07) is 0. The summed E-state index contributed by atoms with van der Waals surface area (Å²) in [5.74, 6) is 0. The second-order valence-electron chi connectivity index (χ2n) is 6.19. The Balaban J connectivity index is 0.000000240. The van der Waals surface area contributed by atoms with E-state index in [1.807, 2.05) is 0 Å². The lowest BCUT2D eigenvalue weighted by atomic mass is 10.2. The van der Waals surface area contributed by atoms with Crippen molar-refractivity contribution in [3.63, 3.8) is 0 Å². The molecular weight excluding hydrogens is 296 g/mol. The molecule has 0 aromatic carbocycles. The minimum Gasteiger partial charge on any atom is -0.237 e. The quantitative estimate of drug-likeness (QED) is 0.722. The summed E-state index contributed by atoms with van der Waals surface area (Å²) in [4.78, 5) is 0. The topological polar surface area (TPSA) is 17.6 Å². The third-order valence-electron chi connectivity index (χ3n) is 4.92. The molecule has 2 heterocycles. The smallest absolute Gasteiger partial charge is 0.237 e. The summed E-state index contributed by atoms with van der Waals surface area (Å²) in [6.45, 7) is 18.7. The molecule has 0 unspecified atom stereocenters. The molecule has 2 aromatic heterocycles. The summed E-state index contributed by atoms with van der Waals surface area (Å²) in [5, 5.41) is 0. The zero-order valence-corrected chi connectivity index (χ0v) is 17.2. The molecule has 0 aliphatic carbocycles. The maximum atomic E-state index is 2.33. The minimum absolute atomic E-state index is 1.08. The van der Waals surface area contributed by atoms with Crippen LogP contribution in [0.4, 0.5) is 0 Å². The van der Waals surface area contributed by atoms with Gasteiger partial charge in [-0.15, -0.1) is 0 Å². The van der Waals surface area contributed by atoms with Crippen LogP contribution in [0.1, 0.15) is 64.3 Å². The van der Waals surface area contributed by atoms with E-state index in [1.54, 1.807) is 0 Å². The zero-order valence-electron chi connectivity index (χ0n) is 17.2. The van der Waals surface area contributed by atoms with Gasteiger partial charge in [0.25, 0.3) is 0 Å². The van der Waals surface area contributed by atoms with E-state index >= 15 is 0 Å². The van der Waals surface area contributed by atoms with E-state index in [1.165, 1.54) is 22.8 Å². The van der Waals surface area contributed by atoms with Gasteiger partial charge in [0.15, 0.2) is 0 Å². The second kappa shape index (κ2) is 9.65. The largest absolute Gasteiger partial charge is 0.244 e. The van der Waals surface area contributed by atoms with Crippen molar-refractivity contribution in [3.8, 4) is 0 Å². The van der Waals surface area contributed by atoms with E-state index in [0.717, 1.165) is 38.9 Å². The Bertz CT molecular complexity index is 631. The number of hydrogen-bond acceptors (Lipinski definition) is 0. The molecule has 0 saturated carbocycles. The Hall–Kier alpha value is -1.58. The van der Waals surface area contributed by atoms with Gasteiger partial charge in [0.2, 0.25) is 12.7 Å². The number of imidazole rings is 2. The fraction of sp³-hybridized carbons (Fsp3) is 0.700. The normalized spacial score (nSPS) is 10.7. The van der Waals surface area contributed by atoms with Crippen LogP contribution in [0.5, 0.6) is 0 Å². The second-order valence-corrected chi connectivity index (χ2v) is 6.19. The van der Waals surface area contributed by atoms with E-state index in [9.17, 15) is 0 Å². The van der Waals surface area contributed by atoms with Gasteiger partial charge in [-0.2, -0.15) is 0 Å². The lowest BCUT2D eigenvalue weighted by Crippen LogP contribution is -2.34. The van der Waals surface area contributed by atoms with Gasteiger partial charge in [0.1, 0.15) is 22.8 Å². The highest BCUT2D eigenvalue weighted by Gasteiger charge is 2.16. The number of rotatable bonds is 6. The molecule has 0 atom stereocenters. The van der Waals surface area contributed by atoms with Crippen LogP contribution in [-0.2, 0) is 45.9 Å². The molecule has 0 saturated heterocycles. The van der Waals surface area contributed by atoms with Crippen molar-refractivity contribution in [1.82, 2.24) is 9.13 Å². The summed E-state index contributed by atoms with van der Waals surface area (Å²) in [5.41, 5.74) is 5.85. The first kappa shape index (κ1) is 20.5. The van der Waals surface area contributed by atoms with Crippen molar-refractivity contribution in [2.45, 2.75) is 87.4 Å². The third-order valence-corrected chi connectivity index (χ3v) is 4.92. The van der Waals surface area contributed by atoms with Crippen molar-refractivity contribution >= 4 is 0 Å². The Morgan fingerprint density at radius 3 is 1.75 bits per heavy atom. The lowest BCUT2D eigenvalue weighted by molar-refractivity contribution is -0.700. The maximum Gasteiger partial charge on any atom is 0.244 e. The number of aromatic nitrogens is 4. The molecular formula is C20H38N4+2. The Morgan fingerprint density at radius 1 is 0.792 bits per heavy atom. The van der Waals surface area contributed by atoms with Crippen molar-refractivity contribution in [1.29, 1.82) is 0 Å². The molecule has 0 bridgehead atoms. The highest BCUT2D eigenvalue weighted by molar-refractivity contribution is 5.07. The zero-order chi connectivity index (χ0) is 18.3. The maximum absolute atomic E-state index is 2.33. The van der Waals surface area contributed by atoms with Gasteiger partial charge in [-0.3, -0.25) is 0 Å². The van der Waals surface area contributed by atoms with Crippen LogP contribution >= 0.6 is 0 Å². The van der Waals surface area contributed by atoms with Gasteiger partial charge in [-0.05, 0) is 20.8 Å². The molecule has 0 fully saturated rings. The molecule has 0 radical (unpaired) electrons. The van der Waals surface area contributed by atoms with E-state index < -0.39 is 0 Å². The Kier molecular flexibility index (Phi) is 8.23. The van der Waals surface area contributed by atoms with Crippen molar-refractivity contribution < 1.29 is 9.13 Å². The molecule has 0 N–H and O–H groups in total. The first-order valence-corrected chi connectivity index (χ1v) is 9.63. The first-order valence-electron chi connectivity index (χ1n) is 9.63. The minimum atomic E-state index is 1.08. The molecule has 0 aliphatic rings. The van der Waals surface area contributed by atoms with E-state index in [0.29, 0.717) is 0 Å². The molecule has 24 heavy (non-hydrogen) atoms. The highest BCUT2D eigenvalue weighted by atomic mass is 15.1. The average molecular weight is 335 g/mol. The van der Waals surface area contributed by atoms with Crippen LogP contribution in [-0.4, -0.2) is 9.13 Å². The van der Waals surface area contributed by atoms with Gasteiger partial charge in [0.05, 0.1) is 26.7 Å². The summed E-state index contributed by atoms with van der Waals surface area (Å²) < 4.78 is 9.21. The third kappa shape index (κ3) is 4.28. The molecule has 2 rings (SSSR count). The molecule has 4 nitrogen and oxygen atoms in total. The lowest BCUT2D eigenvalue weighted by Gasteiger charge is -1.96. The molecule has 0 aliphatic heterocycles. The summed E-state index contributed by atoms with van der Waals surface area (Å²) >= 11 is 0. The van der Waals surface area contributed by atoms with Gasteiger partial charge >= 0.3 is 0 Å². The van der Waals surface area contributed by atoms with Crippen LogP contribution in [0.25, 0.3) is 0 Å². The first-order chi connectivity index (χ1) is 11.5. The monoisotopic (exact) mass is 334 g/mol. The predicted molar refractivity (Wildman–Crippen MR) is 100 cm³/mol. The van der Waals surface area contributed by atoms with Gasteiger partial charge in [-0.25, -0.2) is 18.3 Å². The van der Waals surface area contributed by atoms with Crippen LogP contribution < -0.4 is 9.13 Å². The van der Waals surface area contributed by atoms with E-state index in [2.05, 4.69) is 86.4 Å². The SMILES string of the molecule is CCc1c(C)n(CC)c[n+]1CC.CCc1c(CC)[n+](C)cn1CC. The number of nitrogens with zero attached hydrogens (tertiary/aromatic N) is 4. The predicted octanol–water partition coefficient (Wildman–Crippen LogP) is 3.14. The standard InChI is InChI=1S/2C10H19N2/c1-5-9-10(6-2)12(7-3)8-11(9)4;1-5-10-9(4)11(6-2)8-12(10)7-3/h2*8H,5-7H2,1-4H3/q2*+1. The van der Waals surface area contributed by atoms with Crippen molar-refractivity contribution in [2.75, 3.05) is 0 Å². The highest BCUT2D eigenvalue weighted by Crippen LogP contribution is 2.07.